The molecule has 2 aliphatic heterocycles. The summed E-state index contributed by atoms with van der Waals surface area (Å²) in [5.41, 5.74) is 8.78. The standard InChI is InChI=1S/C15H22N2O/c1-11-8-14(16)4-6-17(11)10-12-2-3-15-13(9-12)5-7-18-15/h2-3,9,11,14H,4-8,10,16H2,1H3. The first-order valence-corrected chi connectivity index (χ1v) is 6.96. The first kappa shape index (κ1) is 12.0. The van der Waals surface area contributed by atoms with Gasteiger partial charge in [0.2, 0.25) is 0 Å². The highest BCUT2D eigenvalue weighted by atomic mass is 16.5. The molecule has 2 atom stereocenters. The van der Waals surface area contributed by atoms with E-state index >= 15 is 0 Å². The van der Waals surface area contributed by atoms with Crippen molar-refractivity contribution in [2.45, 2.75) is 44.8 Å². The van der Waals surface area contributed by atoms with E-state index in [1.165, 1.54) is 11.1 Å². The number of piperidine rings is 1. The summed E-state index contributed by atoms with van der Waals surface area (Å²) in [4.78, 5) is 2.54. The molecular weight excluding hydrogens is 224 g/mol. The molecule has 2 unspecified atom stereocenters. The van der Waals surface area contributed by atoms with E-state index in [1.807, 2.05) is 0 Å². The predicted octanol–water partition coefficient (Wildman–Crippen LogP) is 1.93. The molecule has 2 aliphatic rings. The number of rotatable bonds is 2. The van der Waals surface area contributed by atoms with E-state index in [1.54, 1.807) is 0 Å². The fourth-order valence-corrected chi connectivity index (χ4v) is 3.06. The molecular formula is C15H22N2O. The third kappa shape index (κ3) is 2.38. The van der Waals surface area contributed by atoms with Crippen molar-refractivity contribution in [3.05, 3.63) is 29.3 Å². The van der Waals surface area contributed by atoms with Gasteiger partial charge in [0.25, 0.3) is 0 Å². The molecule has 1 saturated heterocycles. The lowest BCUT2D eigenvalue weighted by Gasteiger charge is -2.36. The van der Waals surface area contributed by atoms with Crippen LogP contribution in [0.5, 0.6) is 5.75 Å². The summed E-state index contributed by atoms with van der Waals surface area (Å²) in [5, 5.41) is 0. The second kappa shape index (κ2) is 4.90. The van der Waals surface area contributed by atoms with Gasteiger partial charge in [-0.15, -0.1) is 0 Å². The maximum absolute atomic E-state index is 6.01. The summed E-state index contributed by atoms with van der Waals surface area (Å²) in [5.74, 6) is 1.08. The number of nitrogens with zero attached hydrogens (tertiary/aromatic N) is 1. The van der Waals surface area contributed by atoms with E-state index in [0.29, 0.717) is 12.1 Å². The Morgan fingerprint density at radius 1 is 1.44 bits per heavy atom. The average molecular weight is 246 g/mol. The van der Waals surface area contributed by atoms with Crippen LogP contribution in [0.1, 0.15) is 30.9 Å². The topological polar surface area (TPSA) is 38.5 Å². The van der Waals surface area contributed by atoms with E-state index in [0.717, 1.165) is 44.7 Å². The van der Waals surface area contributed by atoms with Gasteiger partial charge in [-0.25, -0.2) is 0 Å². The third-order valence-electron chi connectivity index (χ3n) is 4.19. The molecule has 1 aromatic carbocycles. The molecule has 1 aromatic rings. The van der Waals surface area contributed by atoms with Gasteiger partial charge in [0.05, 0.1) is 6.61 Å². The molecule has 2 heterocycles. The molecule has 0 spiro atoms. The zero-order chi connectivity index (χ0) is 12.5. The Morgan fingerprint density at radius 2 is 2.33 bits per heavy atom. The van der Waals surface area contributed by atoms with Crippen molar-refractivity contribution in [3.63, 3.8) is 0 Å². The minimum atomic E-state index is 0.393. The van der Waals surface area contributed by atoms with Gasteiger partial charge in [0.1, 0.15) is 5.75 Å². The third-order valence-corrected chi connectivity index (χ3v) is 4.19. The Kier molecular flexibility index (Phi) is 3.27. The maximum Gasteiger partial charge on any atom is 0.122 e. The summed E-state index contributed by atoms with van der Waals surface area (Å²) >= 11 is 0. The van der Waals surface area contributed by atoms with Crippen LogP contribution in [0.3, 0.4) is 0 Å². The van der Waals surface area contributed by atoms with Crippen LogP contribution in [0, 0.1) is 0 Å². The van der Waals surface area contributed by atoms with Gasteiger partial charge in [-0.3, -0.25) is 4.90 Å². The van der Waals surface area contributed by atoms with E-state index < -0.39 is 0 Å². The summed E-state index contributed by atoms with van der Waals surface area (Å²) in [6.45, 7) is 5.29. The van der Waals surface area contributed by atoms with Gasteiger partial charge in [0.15, 0.2) is 0 Å². The lowest BCUT2D eigenvalue weighted by atomic mass is 9.98. The highest BCUT2D eigenvalue weighted by Crippen LogP contribution is 2.27. The van der Waals surface area contributed by atoms with Crippen LogP contribution >= 0.6 is 0 Å². The molecule has 0 aliphatic carbocycles. The molecule has 18 heavy (non-hydrogen) atoms. The molecule has 1 fully saturated rings. The van der Waals surface area contributed by atoms with Gasteiger partial charge in [-0.05, 0) is 37.0 Å². The van der Waals surface area contributed by atoms with E-state index in [4.69, 9.17) is 10.5 Å². The smallest absolute Gasteiger partial charge is 0.122 e. The van der Waals surface area contributed by atoms with Crippen molar-refractivity contribution >= 4 is 0 Å². The first-order valence-electron chi connectivity index (χ1n) is 6.96. The Labute approximate surface area is 109 Å². The lowest BCUT2D eigenvalue weighted by molar-refractivity contribution is 0.140. The normalized spacial score (nSPS) is 27.9. The molecule has 3 heteroatoms. The van der Waals surface area contributed by atoms with Crippen molar-refractivity contribution in [1.29, 1.82) is 0 Å². The number of benzene rings is 1. The van der Waals surface area contributed by atoms with Gasteiger partial charge in [0, 0.05) is 31.6 Å². The van der Waals surface area contributed by atoms with Crippen LogP contribution in [0.2, 0.25) is 0 Å². The zero-order valence-electron chi connectivity index (χ0n) is 11.1. The van der Waals surface area contributed by atoms with Gasteiger partial charge < -0.3 is 10.5 Å². The monoisotopic (exact) mass is 246 g/mol. The number of likely N-dealkylation sites (tertiary alicyclic amines) is 1. The van der Waals surface area contributed by atoms with Crippen molar-refractivity contribution in [3.8, 4) is 5.75 Å². The van der Waals surface area contributed by atoms with Gasteiger partial charge in [-0.1, -0.05) is 12.1 Å². The largest absolute Gasteiger partial charge is 0.493 e. The highest BCUT2D eigenvalue weighted by molar-refractivity contribution is 5.39. The van der Waals surface area contributed by atoms with Crippen LogP contribution < -0.4 is 10.5 Å². The molecule has 0 radical (unpaired) electrons. The quantitative estimate of drug-likeness (QED) is 0.866. The molecule has 98 valence electrons. The number of nitrogens with two attached hydrogens (primary N) is 1. The molecule has 3 rings (SSSR count). The second-order valence-corrected chi connectivity index (χ2v) is 5.64. The summed E-state index contributed by atoms with van der Waals surface area (Å²) in [6, 6.07) is 7.62. The fourth-order valence-electron chi connectivity index (χ4n) is 3.06. The number of hydrogen-bond donors (Lipinski definition) is 1. The van der Waals surface area contributed by atoms with E-state index in [9.17, 15) is 0 Å². The predicted molar refractivity (Wildman–Crippen MR) is 72.7 cm³/mol. The van der Waals surface area contributed by atoms with Crippen LogP contribution in [0.4, 0.5) is 0 Å². The zero-order valence-corrected chi connectivity index (χ0v) is 11.1. The Bertz CT molecular complexity index is 433. The summed E-state index contributed by atoms with van der Waals surface area (Å²) < 4.78 is 5.55. The Morgan fingerprint density at radius 3 is 3.17 bits per heavy atom. The van der Waals surface area contributed by atoms with Crippen LogP contribution in [0.25, 0.3) is 0 Å². The molecule has 3 nitrogen and oxygen atoms in total. The van der Waals surface area contributed by atoms with Gasteiger partial charge in [-0.2, -0.15) is 0 Å². The number of ether oxygens (including phenoxy) is 1. The van der Waals surface area contributed by atoms with Gasteiger partial charge >= 0.3 is 0 Å². The second-order valence-electron chi connectivity index (χ2n) is 5.64. The van der Waals surface area contributed by atoms with Crippen molar-refractivity contribution in [2.75, 3.05) is 13.2 Å². The van der Waals surface area contributed by atoms with Crippen LogP contribution in [0.15, 0.2) is 18.2 Å². The summed E-state index contributed by atoms with van der Waals surface area (Å²) in [7, 11) is 0. The van der Waals surface area contributed by atoms with E-state index in [-0.39, 0.29) is 0 Å². The molecule has 2 N–H and O–H groups in total. The average Bonchev–Trinajstić information content (AvgIpc) is 2.80. The summed E-state index contributed by atoms with van der Waals surface area (Å²) in [6.07, 6.45) is 3.30. The lowest BCUT2D eigenvalue weighted by Crippen LogP contribution is -2.44. The Balaban J connectivity index is 1.69. The molecule has 0 saturated carbocycles. The minimum absolute atomic E-state index is 0.393. The SMILES string of the molecule is CC1CC(N)CCN1Cc1ccc2c(c1)CCO2. The number of fused-ring (bicyclic) bond motifs is 1. The van der Waals surface area contributed by atoms with Crippen LogP contribution in [-0.4, -0.2) is 30.1 Å². The molecule has 0 amide bonds. The van der Waals surface area contributed by atoms with Crippen molar-refractivity contribution in [1.82, 2.24) is 4.90 Å². The van der Waals surface area contributed by atoms with E-state index in [2.05, 4.69) is 30.0 Å². The fraction of sp³-hybridized carbons (Fsp3) is 0.600. The maximum atomic E-state index is 6.01. The highest BCUT2D eigenvalue weighted by Gasteiger charge is 2.23. The minimum Gasteiger partial charge on any atom is -0.493 e. The Hall–Kier alpha value is -1.06. The molecule has 0 aromatic heterocycles. The van der Waals surface area contributed by atoms with Crippen molar-refractivity contribution < 1.29 is 4.74 Å². The molecule has 0 bridgehead atoms. The van der Waals surface area contributed by atoms with Crippen molar-refractivity contribution in [2.24, 2.45) is 5.73 Å². The number of hydrogen-bond acceptors (Lipinski definition) is 3. The first-order chi connectivity index (χ1) is 8.72. The van der Waals surface area contributed by atoms with Crippen LogP contribution in [-0.2, 0) is 13.0 Å².